The average molecular weight is 362 g/mol. The van der Waals surface area contributed by atoms with Gasteiger partial charge in [-0.25, -0.2) is 8.42 Å². The molecule has 0 fully saturated rings. The Bertz CT molecular complexity index is 746. The molecule has 0 aliphatic carbocycles. The van der Waals surface area contributed by atoms with Crippen LogP contribution in [0.15, 0.2) is 65.1 Å². The lowest BCUT2D eigenvalue weighted by molar-refractivity contribution is 0.159. The van der Waals surface area contributed by atoms with Gasteiger partial charge in [-0.15, -0.1) is 0 Å². The lowest BCUT2D eigenvalue weighted by Gasteiger charge is -2.16. The summed E-state index contributed by atoms with van der Waals surface area (Å²) in [6.45, 7) is 9.90. The molecule has 0 bridgehead atoms. The van der Waals surface area contributed by atoms with Crippen molar-refractivity contribution >= 4 is 10.0 Å². The molecular weight excluding hydrogens is 334 g/mol. The highest BCUT2D eigenvalue weighted by Crippen LogP contribution is 2.26. The third kappa shape index (κ3) is 5.14. The number of ether oxygens (including phenoxy) is 1. The van der Waals surface area contributed by atoms with E-state index in [9.17, 15) is 8.42 Å². The molecule has 1 aliphatic rings. The fraction of sp³-hybridized carbons (Fsp3) is 0.400. The number of nitrogens with zero attached hydrogens (tertiary/aromatic N) is 1. The van der Waals surface area contributed by atoms with Crippen molar-refractivity contribution in [2.24, 2.45) is 0 Å². The van der Waals surface area contributed by atoms with Gasteiger partial charge in [0.1, 0.15) is 0 Å². The van der Waals surface area contributed by atoms with E-state index in [1.165, 1.54) is 4.31 Å². The number of aryl methyl sites for hydroxylation is 1. The summed E-state index contributed by atoms with van der Waals surface area (Å²) < 4.78 is 32.6. The molecule has 0 saturated carbocycles. The number of rotatable bonds is 9. The topological polar surface area (TPSA) is 46.6 Å². The van der Waals surface area contributed by atoms with E-state index in [4.69, 9.17) is 4.74 Å². The first-order chi connectivity index (χ1) is 12.0. The normalized spacial score (nSPS) is 16.1. The summed E-state index contributed by atoms with van der Waals surface area (Å²) in [6, 6.07) is 6.96. The third-order valence-electron chi connectivity index (χ3n) is 4.19. The van der Waals surface area contributed by atoms with Gasteiger partial charge in [-0.3, -0.25) is 0 Å². The van der Waals surface area contributed by atoms with Crippen LogP contribution in [0.5, 0.6) is 0 Å². The molecule has 1 heterocycles. The zero-order valence-corrected chi connectivity index (χ0v) is 15.9. The second-order valence-electron chi connectivity index (χ2n) is 6.17. The first-order valence-electron chi connectivity index (χ1n) is 8.64. The number of benzene rings is 1. The number of hydrogen-bond donors (Lipinski definition) is 0. The minimum atomic E-state index is -3.50. The van der Waals surface area contributed by atoms with E-state index in [-0.39, 0.29) is 0 Å². The molecule has 1 aliphatic heterocycles. The van der Waals surface area contributed by atoms with Crippen molar-refractivity contribution in [2.75, 3.05) is 26.3 Å². The van der Waals surface area contributed by atoms with Gasteiger partial charge in [-0.1, -0.05) is 55.8 Å². The predicted octanol–water partition coefficient (Wildman–Crippen LogP) is 3.85. The quantitative estimate of drug-likeness (QED) is 0.628. The summed E-state index contributed by atoms with van der Waals surface area (Å²) in [7, 11) is -3.50. The second-order valence-corrected chi connectivity index (χ2v) is 8.11. The maximum Gasteiger partial charge on any atom is 0.243 e. The van der Waals surface area contributed by atoms with Gasteiger partial charge in [0.2, 0.25) is 10.0 Å². The van der Waals surface area contributed by atoms with Crippen LogP contribution in [0.4, 0.5) is 0 Å². The van der Waals surface area contributed by atoms with Crippen LogP contribution in [-0.4, -0.2) is 39.0 Å². The summed E-state index contributed by atoms with van der Waals surface area (Å²) in [5, 5.41) is 0. The molecule has 136 valence electrons. The first-order valence-corrected chi connectivity index (χ1v) is 10.1. The van der Waals surface area contributed by atoms with Crippen molar-refractivity contribution in [1.29, 1.82) is 0 Å². The molecule has 2 rings (SSSR count). The van der Waals surface area contributed by atoms with E-state index in [1.54, 1.807) is 18.2 Å². The van der Waals surface area contributed by atoms with Crippen LogP contribution >= 0.6 is 0 Å². The highest BCUT2D eigenvalue weighted by Gasteiger charge is 2.30. The summed E-state index contributed by atoms with van der Waals surface area (Å²) in [5.41, 5.74) is 2.96. The lowest BCUT2D eigenvalue weighted by atomic mass is 10.1. The molecule has 0 radical (unpaired) electrons. The minimum absolute atomic E-state index is 0.328. The van der Waals surface area contributed by atoms with E-state index in [0.717, 1.165) is 36.2 Å². The van der Waals surface area contributed by atoms with Crippen LogP contribution in [-0.2, 0) is 14.8 Å². The molecule has 5 heteroatoms. The van der Waals surface area contributed by atoms with Crippen LogP contribution in [0.1, 0.15) is 25.3 Å². The van der Waals surface area contributed by atoms with Crippen molar-refractivity contribution in [3.8, 4) is 0 Å². The van der Waals surface area contributed by atoms with E-state index in [1.807, 2.05) is 31.2 Å². The molecule has 0 saturated heterocycles. The summed E-state index contributed by atoms with van der Waals surface area (Å²) in [6.07, 6.45) is 7.80. The van der Waals surface area contributed by atoms with Gasteiger partial charge in [-0.2, -0.15) is 4.31 Å². The first kappa shape index (κ1) is 19.6. The molecule has 0 aromatic heterocycles. The largest absolute Gasteiger partial charge is 0.377 e. The highest BCUT2D eigenvalue weighted by molar-refractivity contribution is 7.89. The van der Waals surface area contributed by atoms with Gasteiger partial charge < -0.3 is 4.74 Å². The van der Waals surface area contributed by atoms with Crippen molar-refractivity contribution in [1.82, 2.24) is 4.31 Å². The highest BCUT2D eigenvalue weighted by atomic mass is 32.2. The fourth-order valence-corrected chi connectivity index (χ4v) is 4.01. The van der Waals surface area contributed by atoms with Crippen LogP contribution in [0.2, 0.25) is 0 Å². The van der Waals surface area contributed by atoms with Crippen molar-refractivity contribution in [2.45, 2.75) is 31.6 Å². The molecule has 0 amide bonds. The number of unbranched alkanes of at least 4 members (excludes halogenated alkanes) is 1. The third-order valence-corrected chi connectivity index (χ3v) is 5.99. The predicted molar refractivity (Wildman–Crippen MR) is 102 cm³/mol. The Morgan fingerprint density at radius 1 is 1.20 bits per heavy atom. The van der Waals surface area contributed by atoms with Crippen molar-refractivity contribution in [3.63, 3.8) is 0 Å². The molecule has 1 aromatic rings. The van der Waals surface area contributed by atoms with E-state index >= 15 is 0 Å². The maximum atomic E-state index is 12.8. The van der Waals surface area contributed by atoms with Gasteiger partial charge in [0, 0.05) is 19.7 Å². The number of sulfonamides is 1. The second kappa shape index (κ2) is 9.13. The Hall–Kier alpha value is -1.69. The minimum Gasteiger partial charge on any atom is -0.377 e. The number of hydrogen-bond acceptors (Lipinski definition) is 3. The Morgan fingerprint density at radius 2 is 1.88 bits per heavy atom. The molecular formula is C20H27NO3S. The molecule has 0 unspecified atom stereocenters. The van der Waals surface area contributed by atoms with Gasteiger partial charge in [0.25, 0.3) is 0 Å². The van der Waals surface area contributed by atoms with E-state index < -0.39 is 10.0 Å². The summed E-state index contributed by atoms with van der Waals surface area (Å²) in [5.74, 6) is 0. The van der Waals surface area contributed by atoms with Gasteiger partial charge >= 0.3 is 0 Å². The molecule has 1 aromatic carbocycles. The van der Waals surface area contributed by atoms with Gasteiger partial charge in [0.05, 0.1) is 11.5 Å². The van der Waals surface area contributed by atoms with Gasteiger partial charge in [-0.05, 0) is 36.6 Å². The average Bonchev–Trinajstić information content (AvgIpc) is 3.02. The Morgan fingerprint density at radius 3 is 2.52 bits per heavy atom. The monoisotopic (exact) mass is 361 g/mol. The molecule has 0 spiro atoms. The molecule has 0 atom stereocenters. The lowest BCUT2D eigenvalue weighted by Crippen LogP contribution is -2.29. The smallest absolute Gasteiger partial charge is 0.243 e. The molecule has 25 heavy (non-hydrogen) atoms. The van der Waals surface area contributed by atoms with Crippen LogP contribution < -0.4 is 0 Å². The standard InChI is InChI=1S/C20H27NO3S/c1-4-6-13-24-14-7-8-19-16-21(15-18(19)5-2)25(22,23)20-11-9-17(3)10-12-20/h5,7-12H,2,4,6,13-16H2,1,3H3/b8-7+. The van der Waals surface area contributed by atoms with E-state index in [0.29, 0.717) is 24.6 Å². The van der Waals surface area contributed by atoms with Crippen LogP contribution in [0.25, 0.3) is 0 Å². The Balaban J connectivity index is 2.04. The van der Waals surface area contributed by atoms with Crippen LogP contribution in [0.3, 0.4) is 0 Å². The maximum absolute atomic E-state index is 12.8. The van der Waals surface area contributed by atoms with E-state index in [2.05, 4.69) is 13.5 Å². The zero-order chi connectivity index (χ0) is 18.3. The van der Waals surface area contributed by atoms with Crippen molar-refractivity contribution in [3.05, 3.63) is 65.8 Å². The molecule has 4 nitrogen and oxygen atoms in total. The summed E-state index contributed by atoms with van der Waals surface area (Å²) in [4.78, 5) is 0.328. The van der Waals surface area contributed by atoms with Crippen LogP contribution in [0, 0.1) is 6.92 Å². The Kier molecular flexibility index (Phi) is 7.17. The fourth-order valence-electron chi connectivity index (χ4n) is 2.61. The zero-order valence-electron chi connectivity index (χ0n) is 15.1. The SMILES string of the molecule is C=CC1=C(/C=C/COCCCC)CN(S(=O)(=O)c2ccc(C)cc2)C1. The van der Waals surface area contributed by atoms with Gasteiger partial charge in [0.15, 0.2) is 0 Å². The molecule has 0 N–H and O–H groups in total. The summed E-state index contributed by atoms with van der Waals surface area (Å²) >= 11 is 0. The van der Waals surface area contributed by atoms with Crippen molar-refractivity contribution < 1.29 is 13.2 Å². The Labute approximate surface area is 151 Å².